The van der Waals surface area contributed by atoms with E-state index in [4.69, 9.17) is 0 Å². The van der Waals surface area contributed by atoms with Gasteiger partial charge in [-0.3, -0.25) is 20.0 Å². The third-order valence-electron chi connectivity index (χ3n) is 3.14. The number of nitrogens with zero attached hydrogens (tertiary/aromatic N) is 2. The Kier molecular flexibility index (Phi) is 2.78. The molecule has 0 atom stereocenters. The average molecular weight is 324 g/mol. The highest BCUT2D eigenvalue weighted by Crippen LogP contribution is 2.41. The number of benzene rings is 1. The van der Waals surface area contributed by atoms with Crippen LogP contribution in [0.15, 0.2) is 33.5 Å². The number of H-pyrrole nitrogens is 1. The van der Waals surface area contributed by atoms with Gasteiger partial charge in [-0.05, 0) is 34.8 Å². The fourth-order valence-corrected chi connectivity index (χ4v) is 2.59. The maximum atomic E-state index is 12.1. The van der Waals surface area contributed by atoms with Crippen LogP contribution < -0.4 is 5.56 Å². The smallest absolute Gasteiger partial charge is 0.285 e. The molecule has 0 unspecified atom stereocenters. The van der Waals surface area contributed by atoms with E-state index in [1.165, 1.54) is 16.8 Å². The second-order valence-corrected chi connectivity index (χ2v) is 5.32. The van der Waals surface area contributed by atoms with Crippen molar-refractivity contribution in [3.05, 3.63) is 54.9 Å². The highest BCUT2D eigenvalue weighted by molar-refractivity contribution is 9.10. The van der Waals surface area contributed by atoms with Gasteiger partial charge < -0.3 is 0 Å². The molecule has 2 aromatic rings. The first-order chi connectivity index (χ1) is 9.08. The molecule has 6 nitrogen and oxygen atoms in total. The maximum Gasteiger partial charge on any atom is 0.285 e. The zero-order valence-electron chi connectivity index (χ0n) is 9.80. The molecule has 1 aromatic heterocycles. The normalized spacial score (nSPS) is 14.6. The molecule has 0 saturated heterocycles. The number of hydrogen-bond acceptors (Lipinski definition) is 3. The molecule has 1 N–H and O–H groups in total. The van der Waals surface area contributed by atoms with E-state index in [2.05, 4.69) is 21.0 Å². The fourth-order valence-electron chi connectivity index (χ4n) is 2.00. The summed E-state index contributed by atoms with van der Waals surface area (Å²) in [7, 11) is 0. The molecule has 1 saturated carbocycles. The highest BCUT2D eigenvalue weighted by atomic mass is 79.9. The molecule has 19 heavy (non-hydrogen) atoms. The van der Waals surface area contributed by atoms with Crippen LogP contribution >= 0.6 is 15.9 Å². The molecule has 0 bridgehead atoms. The summed E-state index contributed by atoms with van der Waals surface area (Å²) in [5.74, 6) is 0.391. The Balaban J connectivity index is 2.11. The van der Waals surface area contributed by atoms with Crippen LogP contribution in [0.4, 0.5) is 5.69 Å². The minimum Gasteiger partial charge on any atom is -0.294 e. The number of nitro groups is 1. The van der Waals surface area contributed by atoms with Crippen molar-refractivity contribution in [2.24, 2.45) is 0 Å². The van der Waals surface area contributed by atoms with E-state index < -0.39 is 4.92 Å². The van der Waals surface area contributed by atoms with E-state index in [9.17, 15) is 14.9 Å². The molecule has 1 aliphatic rings. The number of halogens is 1. The first-order valence-corrected chi connectivity index (χ1v) is 6.62. The molecular weight excluding hydrogens is 314 g/mol. The van der Waals surface area contributed by atoms with Gasteiger partial charge in [-0.1, -0.05) is 6.07 Å². The summed E-state index contributed by atoms with van der Waals surface area (Å²) in [6.07, 6.45) is 2.13. The van der Waals surface area contributed by atoms with Crippen molar-refractivity contribution in [2.45, 2.75) is 18.8 Å². The van der Waals surface area contributed by atoms with Gasteiger partial charge in [0.15, 0.2) is 0 Å². The van der Waals surface area contributed by atoms with E-state index in [-0.39, 0.29) is 11.2 Å². The summed E-state index contributed by atoms with van der Waals surface area (Å²) in [6.45, 7) is 0. The van der Waals surface area contributed by atoms with Crippen LogP contribution in [0, 0.1) is 10.1 Å². The van der Waals surface area contributed by atoms with E-state index in [0.29, 0.717) is 16.1 Å². The van der Waals surface area contributed by atoms with E-state index in [0.717, 1.165) is 18.5 Å². The van der Waals surface area contributed by atoms with Crippen molar-refractivity contribution >= 4 is 21.6 Å². The minimum absolute atomic E-state index is 0.0388. The van der Waals surface area contributed by atoms with Gasteiger partial charge in [-0.2, -0.15) is 0 Å². The topological polar surface area (TPSA) is 80.9 Å². The lowest BCUT2D eigenvalue weighted by Gasteiger charge is -2.01. The van der Waals surface area contributed by atoms with Crippen LogP contribution in [-0.4, -0.2) is 14.7 Å². The summed E-state index contributed by atoms with van der Waals surface area (Å²) in [5.41, 5.74) is 1.08. The summed E-state index contributed by atoms with van der Waals surface area (Å²) in [6, 6.07) is 5.99. The second-order valence-electron chi connectivity index (χ2n) is 4.53. The van der Waals surface area contributed by atoms with Crippen molar-refractivity contribution in [2.75, 3.05) is 0 Å². The van der Waals surface area contributed by atoms with E-state index >= 15 is 0 Å². The van der Waals surface area contributed by atoms with Gasteiger partial charge in [-0.25, -0.2) is 4.68 Å². The Hall–Kier alpha value is -1.89. The van der Waals surface area contributed by atoms with Crippen molar-refractivity contribution in [1.82, 2.24) is 9.78 Å². The van der Waals surface area contributed by atoms with E-state index in [1.54, 1.807) is 12.1 Å². The molecule has 0 radical (unpaired) electrons. The fraction of sp³-hybridized carbons (Fsp3) is 0.250. The van der Waals surface area contributed by atoms with Crippen LogP contribution in [-0.2, 0) is 0 Å². The predicted molar refractivity (Wildman–Crippen MR) is 72.7 cm³/mol. The van der Waals surface area contributed by atoms with Crippen LogP contribution in [0.5, 0.6) is 0 Å². The summed E-state index contributed by atoms with van der Waals surface area (Å²) in [4.78, 5) is 22.4. The first kappa shape index (κ1) is 12.2. The Morgan fingerprint density at radius 1 is 1.42 bits per heavy atom. The number of hydrogen-bond donors (Lipinski definition) is 1. The molecule has 1 fully saturated rings. The standard InChI is InChI=1S/C12H10BrN3O3/c13-10-11(7-4-5-7)14-15(12(10)17)8-2-1-3-9(6-8)16(18)19/h1-3,6-7,14H,4-5H2. The quantitative estimate of drug-likeness (QED) is 0.696. The summed E-state index contributed by atoms with van der Waals surface area (Å²) in [5, 5.41) is 13.8. The summed E-state index contributed by atoms with van der Waals surface area (Å²) >= 11 is 3.29. The number of nitro benzene ring substituents is 1. The van der Waals surface area contributed by atoms with Crippen molar-refractivity contribution in [3.63, 3.8) is 0 Å². The molecule has 0 aliphatic heterocycles. The largest absolute Gasteiger partial charge is 0.294 e. The molecular formula is C12H10BrN3O3. The Morgan fingerprint density at radius 2 is 2.16 bits per heavy atom. The SMILES string of the molecule is O=c1c(Br)c(C2CC2)[nH]n1-c1cccc([N+](=O)[O-])c1. The number of aromatic amines is 1. The van der Waals surface area contributed by atoms with Crippen LogP contribution in [0.1, 0.15) is 24.5 Å². The Labute approximate surface area is 116 Å². The number of nitrogens with one attached hydrogen (secondary N) is 1. The van der Waals surface area contributed by atoms with E-state index in [1.807, 2.05) is 0 Å². The van der Waals surface area contributed by atoms with Gasteiger partial charge in [0.1, 0.15) is 4.47 Å². The zero-order valence-corrected chi connectivity index (χ0v) is 11.4. The first-order valence-electron chi connectivity index (χ1n) is 5.83. The van der Waals surface area contributed by atoms with Crippen molar-refractivity contribution in [3.8, 4) is 5.69 Å². The number of non-ortho nitro benzene ring substituents is 1. The third-order valence-corrected chi connectivity index (χ3v) is 3.91. The van der Waals surface area contributed by atoms with Crippen LogP contribution in [0.25, 0.3) is 5.69 Å². The number of aromatic nitrogens is 2. The molecule has 1 aromatic carbocycles. The number of rotatable bonds is 3. The Morgan fingerprint density at radius 3 is 2.79 bits per heavy atom. The highest BCUT2D eigenvalue weighted by Gasteiger charge is 2.29. The van der Waals surface area contributed by atoms with Gasteiger partial charge in [0, 0.05) is 18.1 Å². The minimum atomic E-state index is -0.478. The predicted octanol–water partition coefficient (Wildman–Crippen LogP) is 2.71. The molecule has 98 valence electrons. The molecule has 1 aliphatic carbocycles. The lowest BCUT2D eigenvalue weighted by molar-refractivity contribution is -0.384. The van der Waals surface area contributed by atoms with Crippen LogP contribution in [0.3, 0.4) is 0 Å². The molecule has 1 heterocycles. The van der Waals surface area contributed by atoms with Crippen molar-refractivity contribution in [1.29, 1.82) is 0 Å². The zero-order chi connectivity index (χ0) is 13.6. The van der Waals surface area contributed by atoms with Gasteiger partial charge >= 0.3 is 0 Å². The Bertz CT molecular complexity index is 715. The average Bonchev–Trinajstić information content (AvgIpc) is 3.19. The van der Waals surface area contributed by atoms with Gasteiger partial charge in [0.25, 0.3) is 11.2 Å². The molecule has 7 heteroatoms. The lowest BCUT2D eigenvalue weighted by Crippen LogP contribution is -2.14. The maximum absolute atomic E-state index is 12.1. The molecule has 0 spiro atoms. The monoisotopic (exact) mass is 323 g/mol. The van der Waals surface area contributed by atoms with Crippen molar-refractivity contribution < 1.29 is 4.92 Å². The summed E-state index contributed by atoms with van der Waals surface area (Å²) < 4.78 is 1.85. The van der Waals surface area contributed by atoms with Gasteiger partial charge in [0.05, 0.1) is 16.3 Å². The van der Waals surface area contributed by atoms with Gasteiger partial charge in [-0.15, -0.1) is 0 Å². The second kappa shape index (κ2) is 4.34. The lowest BCUT2D eigenvalue weighted by atomic mass is 10.3. The third kappa shape index (κ3) is 2.10. The van der Waals surface area contributed by atoms with Gasteiger partial charge in [0.2, 0.25) is 0 Å². The molecule has 3 rings (SSSR count). The van der Waals surface area contributed by atoms with Crippen LogP contribution in [0.2, 0.25) is 0 Å². The molecule has 0 amide bonds.